The largest absolute Gasteiger partial charge is 0.385 e. The van der Waals surface area contributed by atoms with Crippen molar-refractivity contribution in [1.82, 2.24) is 9.78 Å². The second kappa shape index (κ2) is 5.88. The quantitative estimate of drug-likeness (QED) is 0.773. The van der Waals surface area contributed by atoms with Crippen molar-refractivity contribution in [2.24, 2.45) is 5.73 Å². The molecular weight excluding hydrogens is 190 g/mol. The number of ether oxygens (including phenoxy) is 1. The molecule has 0 aliphatic rings. The molecule has 1 aromatic rings. The molecule has 0 saturated carbocycles. The summed E-state index contributed by atoms with van der Waals surface area (Å²) in [6.45, 7) is 4.94. The van der Waals surface area contributed by atoms with E-state index in [0.717, 1.165) is 18.5 Å². The first-order chi connectivity index (χ1) is 7.13. The molecule has 0 spiro atoms. The van der Waals surface area contributed by atoms with Crippen molar-refractivity contribution >= 4 is 0 Å². The van der Waals surface area contributed by atoms with E-state index in [9.17, 15) is 0 Å². The highest BCUT2D eigenvalue weighted by atomic mass is 16.5. The van der Waals surface area contributed by atoms with Gasteiger partial charge in [0.05, 0.1) is 5.69 Å². The highest BCUT2D eigenvalue weighted by Gasteiger charge is 2.07. The lowest BCUT2D eigenvalue weighted by molar-refractivity contribution is 0.187. The molecule has 0 fully saturated rings. The summed E-state index contributed by atoms with van der Waals surface area (Å²) in [4.78, 5) is 0. The van der Waals surface area contributed by atoms with Crippen molar-refractivity contribution in [1.29, 1.82) is 0 Å². The molecule has 1 aromatic heterocycles. The predicted octanol–water partition coefficient (Wildman–Crippen LogP) is 1.37. The lowest BCUT2D eigenvalue weighted by Gasteiger charge is -2.09. The maximum Gasteiger partial charge on any atom is 0.0640 e. The van der Waals surface area contributed by atoms with Crippen molar-refractivity contribution in [2.45, 2.75) is 38.8 Å². The average Bonchev–Trinajstić information content (AvgIpc) is 2.63. The standard InChI is InChI=1S/C11H21N3O/c1-9(2)14-6-4-11(13-14)8-10(12)5-7-15-3/h4,6,9-10H,5,7-8,12H2,1-3H3. The number of aromatic nitrogens is 2. The summed E-state index contributed by atoms with van der Waals surface area (Å²) in [5.74, 6) is 0. The molecule has 86 valence electrons. The number of hydrogen-bond donors (Lipinski definition) is 1. The molecule has 0 aliphatic carbocycles. The first-order valence-electron chi connectivity index (χ1n) is 5.42. The molecule has 4 heteroatoms. The summed E-state index contributed by atoms with van der Waals surface area (Å²) >= 11 is 0. The van der Waals surface area contributed by atoms with Gasteiger partial charge in [0, 0.05) is 38.4 Å². The van der Waals surface area contributed by atoms with Gasteiger partial charge in [0.15, 0.2) is 0 Å². The van der Waals surface area contributed by atoms with E-state index in [2.05, 4.69) is 18.9 Å². The highest BCUT2D eigenvalue weighted by Crippen LogP contribution is 2.06. The Morgan fingerprint density at radius 1 is 1.53 bits per heavy atom. The van der Waals surface area contributed by atoms with Gasteiger partial charge in [-0.2, -0.15) is 5.10 Å². The Balaban J connectivity index is 2.42. The van der Waals surface area contributed by atoms with E-state index in [1.807, 2.05) is 16.9 Å². The predicted molar refractivity (Wildman–Crippen MR) is 60.8 cm³/mol. The van der Waals surface area contributed by atoms with Gasteiger partial charge in [-0.15, -0.1) is 0 Å². The van der Waals surface area contributed by atoms with E-state index in [0.29, 0.717) is 12.6 Å². The van der Waals surface area contributed by atoms with Crippen LogP contribution in [0, 0.1) is 0 Å². The summed E-state index contributed by atoms with van der Waals surface area (Å²) in [5, 5.41) is 4.45. The summed E-state index contributed by atoms with van der Waals surface area (Å²) in [5.41, 5.74) is 7.01. The second-order valence-corrected chi connectivity index (χ2v) is 4.13. The van der Waals surface area contributed by atoms with Gasteiger partial charge in [-0.25, -0.2) is 0 Å². The minimum Gasteiger partial charge on any atom is -0.385 e. The minimum atomic E-state index is 0.139. The molecule has 1 rings (SSSR count). The van der Waals surface area contributed by atoms with E-state index >= 15 is 0 Å². The molecule has 15 heavy (non-hydrogen) atoms. The molecule has 0 bridgehead atoms. The third-order valence-electron chi connectivity index (χ3n) is 2.36. The van der Waals surface area contributed by atoms with Gasteiger partial charge >= 0.3 is 0 Å². The first-order valence-corrected chi connectivity index (χ1v) is 5.42. The van der Waals surface area contributed by atoms with E-state index in [4.69, 9.17) is 10.5 Å². The van der Waals surface area contributed by atoms with Crippen molar-refractivity contribution in [3.8, 4) is 0 Å². The summed E-state index contributed by atoms with van der Waals surface area (Å²) in [6, 6.07) is 2.58. The fourth-order valence-corrected chi connectivity index (χ4v) is 1.41. The third-order valence-corrected chi connectivity index (χ3v) is 2.36. The molecule has 0 saturated heterocycles. The Kier molecular flexibility index (Phi) is 4.78. The molecule has 1 unspecified atom stereocenters. The van der Waals surface area contributed by atoms with Crippen LogP contribution >= 0.6 is 0 Å². The maximum absolute atomic E-state index is 5.95. The van der Waals surface area contributed by atoms with Crippen LogP contribution in [0.25, 0.3) is 0 Å². The van der Waals surface area contributed by atoms with Crippen LogP contribution in [0.3, 0.4) is 0 Å². The normalized spacial score (nSPS) is 13.4. The SMILES string of the molecule is COCCC(N)Cc1ccn(C(C)C)n1. The van der Waals surface area contributed by atoms with Gasteiger partial charge in [-0.3, -0.25) is 4.68 Å². The van der Waals surface area contributed by atoms with Gasteiger partial charge in [0.25, 0.3) is 0 Å². The number of methoxy groups -OCH3 is 1. The van der Waals surface area contributed by atoms with Gasteiger partial charge < -0.3 is 10.5 Å². The van der Waals surface area contributed by atoms with Crippen LogP contribution in [0.15, 0.2) is 12.3 Å². The molecule has 0 amide bonds. The van der Waals surface area contributed by atoms with Gasteiger partial charge in [-0.1, -0.05) is 0 Å². The van der Waals surface area contributed by atoms with E-state index in [1.165, 1.54) is 0 Å². The van der Waals surface area contributed by atoms with E-state index < -0.39 is 0 Å². The average molecular weight is 211 g/mol. The zero-order chi connectivity index (χ0) is 11.3. The third kappa shape index (κ3) is 4.01. The Hall–Kier alpha value is -0.870. The fourth-order valence-electron chi connectivity index (χ4n) is 1.41. The van der Waals surface area contributed by atoms with Crippen LogP contribution in [0.1, 0.15) is 32.0 Å². The zero-order valence-electron chi connectivity index (χ0n) is 9.81. The molecule has 2 N–H and O–H groups in total. The second-order valence-electron chi connectivity index (χ2n) is 4.13. The summed E-state index contributed by atoms with van der Waals surface area (Å²) in [7, 11) is 1.69. The van der Waals surface area contributed by atoms with Crippen LogP contribution < -0.4 is 5.73 Å². The van der Waals surface area contributed by atoms with Crippen molar-refractivity contribution in [2.75, 3.05) is 13.7 Å². The van der Waals surface area contributed by atoms with E-state index in [-0.39, 0.29) is 6.04 Å². The lowest BCUT2D eigenvalue weighted by atomic mass is 10.1. The molecule has 1 heterocycles. The Labute approximate surface area is 91.4 Å². The Bertz CT molecular complexity index is 283. The smallest absolute Gasteiger partial charge is 0.0640 e. The molecule has 0 aliphatic heterocycles. The van der Waals surface area contributed by atoms with Crippen molar-refractivity contribution in [3.63, 3.8) is 0 Å². The Morgan fingerprint density at radius 3 is 2.80 bits per heavy atom. The van der Waals surface area contributed by atoms with Gasteiger partial charge in [0.1, 0.15) is 0 Å². The number of nitrogens with zero attached hydrogens (tertiary/aromatic N) is 2. The van der Waals surface area contributed by atoms with Gasteiger partial charge in [-0.05, 0) is 26.3 Å². The summed E-state index contributed by atoms with van der Waals surface area (Å²) in [6.07, 6.45) is 3.71. The fraction of sp³-hybridized carbons (Fsp3) is 0.727. The lowest BCUT2D eigenvalue weighted by Crippen LogP contribution is -2.24. The molecule has 1 atom stereocenters. The topological polar surface area (TPSA) is 53.1 Å². The van der Waals surface area contributed by atoms with Crippen molar-refractivity contribution in [3.05, 3.63) is 18.0 Å². The molecular formula is C11H21N3O. The number of nitrogens with two attached hydrogens (primary N) is 1. The van der Waals surface area contributed by atoms with Crippen molar-refractivity contribution < 1.29 is 4.74 Å². The van der Waals surface area contributed by atoms with Crippen LogP contribution in [0.2, 0.25) is 0 Å². The van der Waals surface area contributed by atoms with Crippen LogP contribution in [-0.2, 0) is 11.2 Å². The van der Waals surface area contributed by atoms with Crippen LogP contribution in [-0.4, -0.2) is 29.5 Å². The maximum atomic E-state index is 5.95. The molecule has 0 aromatic carbocycles. The highest BCUT2D eigenvalue weighted by molar-refractivity contribution is 5.01. The molecule has 4 nitrogen and oxygen atoms in total. The minimum absolute atomic E-state index is 0.139. The molecule has 0 radical (unpaired) electrons. The number of hydrogen-bond acceptors (Lipinski definition) is 3. The number of rotatable bonds is 6. The Morgan fingerprint density at radius 2 is 2.27 bits per heavy atom. The van der Waals surface area contributed by atoms with Crippen LogP contribution in [0.4, 0.5) is 0 Å². The zero-order valence-corrected chi connectivity index (χ0v) is 9.81. The van der Waals surface area contributed by atoms with E-state index in [1.54, 1.807) is 7.11 Å². The van der Waals surface area contributed by atoms with Gasteiger partial charge in [0.2, 0.25) is 0 Å². The monoisotopic (exact) mass is 211 g/mol. The first kappa shape index (κ1) is 12.2. The summed E-state index contributed by atoms with van der Waals surface area (Å²) < 4.78 is 6.94. The van der Waals surface area contributed by atoms with Crippen LogP contribution in [0.5, 0.6) is 0 Å².